The van der Waals surface area contributed by atoms with Crippen LogP contribution in [0.25, 0.3) is 6.08 Å². The molecule has 2 aromatic carbocycles. The van der Waals surface area contributed by atoms with Gasteiger partial charge in [-0.05, 0) is 48.5 Å². The lowest BCUT2D eigenvalue weighted by atomic mass is 10.1. The van der Waals surface area contributed by atoms with E-state index in [2.05, 4.69) is 10.1 Å². The van der Waals surface area contributed by atoms with Gasteiger partial charge in [-0.1, -0.05) is 30.3 Å². The van der Waals surface area contributed by atoms with Gasteiger partial charge in [0.15, 0.2) is 5.84 Å². The Morgan fingerprint density at radius 2 is 1.88 bits per heavy atom. The number of amidine groups is 2. The summed E-state index contributed by atoms with van der Waals surface area (Å²) in [6, 6.07) is 14.4. The lowest BCUT2D eigenvalue weighted by Gasteiger charge is -2.20. The number of aliphatic imine (C=N–C) groups is 1. The number of nitrogens with zero attached hydrogens (tertiary/aromatic N) is 3. The van der Waals surface area contributed by atoms with Crippen LogP contribution in [-0.4, -0.2) is 46.4 Å². The van der Waals surface area contributed by atoms with E-state index in [-0.39, 0.29) is 35.7 Å². The molecule has 0 bridgehead atoms. The van der Waals surface area contributed by atoms with Gasteiger partial charge < -0.3 is 9.47 Å². The molecule has 0 saturated heterocycles. The normalized spacial score (nSPS) is 17.1. The minimum absolute atomic E-state index is 0.196. The number of aryl methyl sites for hydroxylation is 1. The number of hydrogen-bond donors (Lipinski definition) is 1. The average Bonchev–Trinajstić information content (AvgIpc) is 3.20. The summed E-state index contributed by atoms with van der Waals surface area (Å²) in [5.41, 5.74) is 1.34. The molecule has 7 nitrogen and oxygen atoms in total. The van der Waals surface area contributed by atoms with Gasteiger partial charge in [-0.15, -0.1) is 0 Å². The molecule has 0 unspecified atom stereocenters. The molecule has 170 valence electrons. The van der Waals surface area contributed by atoms with Crippen molar-refractivity contribution >= 4 is 39.8 Å². The molecule has 33 heavy (non-hydrogen) atoms. The largest absolute Gasteiger partial charge is 0.490 e. The Bertz CT molecular complexity index is 1210. The van der Waals surface area contributed by atoms with Crippen LogP contribution in [0.4, 0.5) is 13.2 Å². The predicted molar refractivity (Wildman–Crippen MR) is 120 cm³/mol. The van der Waals surface area contributed by atoms with Gasteiger partial charge in [0.25, 0.3) is 5.91 Å². The number of hydrazone groups is 1. The maximum absolute atomic E-state index is 13.0. The van der Waals surface area contributed by atoms with Crippen LogP contribution >= 0.6 is 11.8 Å². The summed E-state index contributed by atoms with van der Waals surface area (Å²) < 4.78 is 50.3. The second-order valence-corrected chi connectivity index (χ2v) is 7.93. The van der Waals surface area contributed by atoms with Crippen LogP contribution < -0.4 is 9.47 Å². The molecule has 0 radical (unpaired) electrons. The highest BCUT2D eigenvalue weighted by Crippen LogP contribution is 2.35. The van der Waals surface area contributed by atoms with Crippen molar-refractivity contribution in [2.75, 3.05) is 13.2 Å². The molecule has 11 heteroatoms. The number of fused-ring (bicyclic) bond motifs is 1. The van der Waals surface area contributed by atoms with Crippen LogP contribution in [0.15, 0.2) is 64.2 Å². The number of hydrogen-bond acceptors (Lipinski definition) is 6. The van der Waals surface area contributed by atoms with Crippen molar-refractivity contribution in [3.05, 3.63) is 65.2 Å². The lowest BCUT2D eigenvalue weighted by molar-refractivity contribution is -0.114. The predicted octanol–water partition coefficient (Wildman–Crippen LogP) is 4.63. The van der Waals surface area contributed by atoms with Gasteiger partial charge in [-0.3, -0.25) is 10.2 Å². The van der Waals surface area contributed by atoms with E-state index in [1.807, 2.05) is 31.2 Å². The molecule has 2 aliphatic heterocycles. The fourth-order valence-corrected chi connectivity index (χ4v) is 3.77. The maximum Gasteiger partial charge on any atom is 0.441 e. The molecule has 1 N–H and O–H groups in total. The first-order valence-electron chi connectivity index (χ1n) is 9.71. The summed E-state index contributed by atoms with van der Waals surface area (Å²) in [7, 11) is 0. The fourth-order valence-electron chi connectivity index (χ4n) is 3.01. The number of alkyl halides is 3. The molecule has 2 aromatic rings. The number of carbonyl (C=O) groups is 1. The van der Waals surface area contributed by atoms with E-state index in [0.717, 1.165) is 5.56 Å². The summed E-state index contributed by atoms with van der Waals surface area (Å²) >= 11 is 0.207. The second-order valence-electron chi connectivity index (χ2n) is 6.97. The monoisotopic (exact) mass is 474 g/mol. The molecule has 0 spiro atoms. The number of carbonyl (C=O) groups excluding carboxylic acids is 1. The summed E-state index contributed by atoms with van der Waals surface area (Å²) in [5, 5.41) is 10.8. The van der Waals surface area contributed by atoms with Gasteiger partial charge in [0.2, 0.25) is 10.2 Å². The third-order valence-corrected chi connectivity index (χ3v) is 5.47. The van der Waals surface area contributed by atoms with Gasteiger partial charge in [0, 0.05) is 5.56 Å². The van der Waals surface area contributed by atoms with Gasteiger partial charge >= 0.3 is 6.18 Å². The Morgan fingerprint density at radius 1 is 1.12 bits per heavy atom. The summed E-state index contributed by atoms with van der Waals surface area (Å²) in [6.07, 6.45) is -3.34. The van der Waals surface area contributed by atoms with Crippen LogP contribution in [0, 0.1) is 12.3 Å². The van der Waals surface area contributed by atoms with Gasteiger partial charge in [-0.25, -0.2) is 0 Å². The standard InChI is InChI=1S/C22H17F3N4O3S/c1-13-5-4-7-15(11-13)31-9-10-32-17-8-3-2-6-14(17)12-16-18(26)29-21(27-19(16)30)33-20(28-29)22(23,24)25/h2-8,11-12,26H,9-10H2,1H3/b16-12-,26-18?. The lowest BCUT2D eigenvalue weighted by Crippen LogP contribution is -2.35. The fraction of sp³-hybridized carbons (Fsp3) is 0.182. The van der Waals surface area contributed by atoms with Crippen molar-refractivity contribution in [1.29, 1.82) is 5.41 Å². The van der Waals surface area contributed by atoms with Crippen LogP contribution in [0.1, 0.15) is 11.1 Å². The second kappa shape index (κ2) is 9.10. The van der Waals surface area contributed by atoms with Crippen molar-refractivity contribution in [3.8, 4) is 11.5 Å². The average molecular weight is 474 g/mol. The van der Waals surface area contributed by atoms with E-state index in [1.54, 1.807) is 24.3 Å². The number of para-hydroxylation sites is 1. The molecular weight excluding hydrogens is 457 g/mol. The van der Waals surface area contributed by atoms with Crippen LogP contribution in [0.5, 0.6) is 11.5 Å². The first kappa shape index (κ1) is 22.6. The van der Waals surface area contributed by atoms with E-state index in [0.29, 0.717) is 22.1 Å². The number of halogens is 3. The van der Waals surface area contributed by atoms with Crippen LogP contribution in [-0.2, 0) is 4.79 Å². The summed E-state index contributed by atoms with van der Waals surface area (Å²) in [5.74, 6) is -0.182. The molecule has 0 fully saturated rings. The highest BCUT2D eigenvalue weighted by molar-refractivity contribution is 8.27. The smallest absolute Gasteiger partial charge is 0.441 e. The zero-order valence-electron chi connectivity index (χ0n) is 17.2. The quantitative estimate of drug-likeness (QED) is 0.487. The van der Waals surface area contributed by atoms with Crippen LogP contribution in [0.2, 0.25) is 0 Å². The first-order valence-corrected chi connectivity index (χ1v) is 10.5. The molecule has 2 aliphatic rings. The van der Waals surface area contributed by atoms with Gasteiger partial charge in [-0.2, -0.15) is 28.3 Å². The van der Waals surface area contributed by atoms with Gasteiger partial charge in [0.05, 0.1) is 5.57 Å². The third kappa shape index (κ3) is 5.08. The third-order valence-electron chi connectivity index (χ3n) is 4.52. The molecule has 0 atom stereocenters. The minimum atomic E-state index is -4.70. The van der Waals surface area contributed by atoms with Crippen LogP contribution in [0.3, 0.4) is 0 Å². The van der Waals surface area contributed by atoms with Crippen molar-refractivity contribution in [2.24, 2.45) is 10.1 Å². The van der Waals surface area contributed by atoms with E-state index in [4.69, 9.17) is 14.9 Å². The Labute approximate surface area is 191 Å². The number of rotatable bonds is 6. The summed E-state index contributed by atoms with van der Waals surface area (Å²) in [4.78, 5) is 16.1. The number of ether oxygens (including phenoxy) is 2. The van der Waals surface area contributed by atoms with E-state index >= 15 is 0 Å². The molecule has 0 aliphatic carbocycles. The van der Waals surface area contributed by atoms with Crippen molar-refractivity contribution in [1.82, 2.24) is 5.01 Å². The maximum atomic E-state index is 13.0. The number of amides is 1. The molecule has 0 saturated carbocycles. The first-order chi connectivity index (χ1) is 15.7. The molecular formula is C22H17F3N4O3S. The number of benzene rings is 2. The minimum Gasteiger partial charge on any atom is -0.490 e. The Kier molecular flexibility index (Phi) is 6.23. The van der Waals surface area contributed by atoms with Gasteiger partial charge in [0.1, 0.15) is 24.7 Å². The number of thioether (sulfide) groups is 1. The Balaban J connectivity index is 1.49. The Morgan fingerprint density at radius 3 is 2.64 bits per heavy atom. The molecule has 2 heterocycles. The summed E-state index contributed by atoms with van der Waals surface area (Å²) in [6.45, 7) is 2.45. The SMILES string of the molecule is Cc1cccc(OCCOc2ccccc2/C=C2/C(=N)N3N=C(C(F)(F)F)SC3=NC2=O)c1. The van der Waals surface area contributed by atoms with Crippen molar-refractivity contribution in [2.45, 2.75) is 13.1 Å². The molecule has 1 amide bonds. The van der Waals surface area contributed by atoms with E-state index < -0.39 is 23.0 Å². The van der Waals surface area contributed by atoms with E-state index in [1.165, 1.54) is 6.08 Å². The van der Waals surface area contributed by atoms with Crippen molar-refractivity contribution in [3.63, 3.8) is 0 Å². The zero-order valence-corrected chi connectivity index (χ0v) is 18.0. The topological polar surface area (TPSA) is 87.3 Å². The van der Waals surface area contributed by atoms with E-state index in [9.17, 15) is 18.0 Å². The molecule has 4 rings (SSSR count). The highest BCUT2D eigenvalue weighted by atomic mass is 32.2. The van der Waals surface area contributed by atoms with Crippen molar-refractivity contribution < 1.29 is 27.4 Å². The highest BCUT2D eigenvalue weighted by Gasteiger charge is 2.46. The zero-order chi connectivity index (χ0) is 23.6. The number of nitrogens with one attached hydrogen (secondary N) is 1. The molecule has 0 aromatic heterocycles. The Hall–Kier alpha value is -3.60.